The van der Waals surface area contributed by atoms with Crippen LogP contribution < -0.4 is 0 Å². The molecule has 0 fully saturated rings. The van der Waals surface area contributed by atoms with Crippen molar-refractivity contribution in [2.45, 2.75) is 12.7 Å². The molecule has 0 heterocycles. The Hall–Kier alpha value is -1.14. The molecular weight excluding hydrogens is 180 g/mol. The normalized spacial score (nSPS) is 11.9. The zero-order valence-corrected chi connectivity index (χ0v) is 7.48. The zero-order chi connectivity index (χ0) is 10.3. The van der Waals surface area contributed by atoms with Crippen LogP contribution >= 0.6 is 0 Å². The summed E-state index contributed by atoms with van der Waals surface area (Å²) >= 11 is 0. The van der Waals surface area contributed by atoms with Crippen LogP contribution in [0, 0.1) is 0 Å². The second-order valence-electron chi connectivity index (χ2n) is 2.07. The Labute approximate surface area is 75.4 Å². The summed E-state index contributed by atoms with van der Waals surface area (Å²) in [5, 5.41) is 8.85. The van der Waals surface area contributed by atoms with Gasteiger partial charge in [-0.05, 0) is 0 Å². The first-order valence-electron chi connectivity index (χ1n) is 3.56. The summed E-state index contributed by atoms with van der Waals surface area (Å²) in [5.41, 5.74) is 0. The monoisotopic (exact) mass is 192 g/mol. The first-order chi connectivity index (χ1) is 6.11. The molecule has 6 heteroatoms. The Morgan fingerprint density at radius 3 is 2.38 bits per heavy atom. The Balaban J connectivity index is 3.53. The molecule has 1 unspecified atom stereocenters. The highest BCUT2D eigenvalue weighted by Gasteiger charge is 2.15. The smallest absolute Gasteiger partial charge is 0.363 e. The van der Waals surface area contributed by atoms with Crippen LogP contribution in [0.5, 0.6) is 0 Å². The van der Waals surface area contributed by atoms with Gasteiger partial charge >= 0.3 is 11.9 Å². The van der Waals surface area contributed by atoms with E-state index in [9.17, 15) is 9.59 Å². The summed E-state index contributed by atoms with van der Waals surface area (Å²) in [7, 11) is 2.36. The van der Waals surface area contributed by atoms with E-state index < -0.39 is 18.2 Å². The third kappa shape index (κ3) is 5.15. The molecule has 0 rings (SSSR count). The van der Waals surface area contributed by atoms with Crippen molar-refractivity contribution in [3.8, 4) is 0 Å². The second kappa shape index (κ2) is 6.38. The van der Waals surface area contributed by atoms with E-state index in [1.54, 1.807) is 0 Å². The fourth-order valence-electron chi connectivity index (χ4n) is 0.525. The highest BCUT2D eigenvalue weighted by molar-refractivity contribution is 5.72. The lowest BCUT2D eigenvalue weighted by molar-refractivity contribution is -0.181. The van der Waals surface area contributed by atoms with Gasteiger partial charge in [0.05, 0.1) is 27.2 Å². The molecule has 0 amide bonds. The molecule has 0 aromatic rings. The third-order valence-corrected chi connectivity index (χ3v) is 1.21. The van der Waals surface area contributed by atoms with Gasteiger partial charge in [0, 0.05) is 0 Å². The van der Waals surface area contributed by atoms with Crippen LogP contribution in [0.4, 0.5) is 0 Å². The van der Waals surface area contributed by atoms with Gasteiger partial charge in [0.25, 0.3) is 6.29 Å². The van der Waals surface area contributed by atoms with Crippen molar-refractivity contribution in [1.29, 1.82) is 0 Å². The van der Waals surface area contributed by atoms with Crippen molar-refractivity contribution in [2.75, 3.05) is 20.8 Å². The third-order valence-electron chi connectivity index (χ3n) is 1.21. The number of aliphatic hydroxyl groups is 1. The van der Waals surface area contributed by atoms with Gasteiger partial charge in [-0.2, -0.15) is 0 Å². The van der Waals surface area contributed by atoms with Gasteiger partial charge < -0.3 is 19.3 Å². The number of aliphatic hydroxyl groups excluding tert-OH is 1. The van der Waals surface area contributed by atoms with E-state index in [-0.39, 0.29) is 13.0 Å². The molecule has 0 bridgehead atoms. The first-order valence-corrected chi connectivity index (χ1v) is 3.56. The Kier molecular flexibility index (Phi) is 5.82. The molecule has 0 aromatic carbocycles. The van der Waals surface area contributed by atoms with E-state index in [4.69, 9.17) is 5.11 Å². The van der Waals surface area contributed by atoms with Gasteiger partial charge in [0.1, 0.15) is 0 Å². The summed E-state index contributed by atoms with van der Waals surface area (Å²) in [6.45, 7) is -0.0943. The average molecular weight is 192 g/mol. The van der Waals surface area contributed by atoms with E-state index in [2.05, 4.69) is 14.2 Å². The van der Waals surface area contributed by atoms with Gasteiger partial charge in [-0.3, -0.25) is 4.79 Å². The molecule has 76 valence electrons. The predicted octanol–water partition coefficient (Wildman–Crippen LogP) is -0.943. The molecule has 0 saturated heterocycles. The number of carbonyl (C=O) groups excluding carboxylic acids is 2. The maximum absolute atomic E-state index is 10.5. The summed E-state index contributed by atoms with van der Waals surface area (Å²) in [6, 6.07) is 0. The van der Waals surface area contributed by atoms with Crippen molar-refractivity contribution in [3.05, 3.63) is 0 Å². The lowest BCUT2D eigenvalue weighted by atomic mass is 10.5. The lowest BCUT2D eigenvalue weighted by Gasteiger charge is -2.08. The van der Waals surface area contributed by atoms with E-state index in [1.165, 1.54) is 7.11 Å². The standard InChI is InChI=1S/C7H12O6/c1-11-5(8)3-4-13-7(10)6(9)12-2/h7,10H,3-4H2,1-2H3. The van der Waals surface area contributed by atoms with E-state index in [0.717, 1.165) is 7.11 Å². The van der Waals surface area contributed by atoms with Gasteiger partial charge in [0.2, 0.25) is 0 Å². The average Bonchev–Trinajstić information content (AvgIpc) is 2.15. The van der Waals surface area contributed by atoms with E-state index in [0.29, 0.717) is 0 Å². The van der Waals surface area contributed by atoms with Crippen molar-refractivity contribution >= 4 is 11.9 Å². The minimum atomic E-state index is -1.64. The van der Waals surface area contributed by atoms with Gasteiger partial charge in [-0.15, -0.1) is 0 Å². The highest BCUT2D eigenvalue weighted by atomic mass is 16.6. The van der Waals surface area contributed by atoms with Crippen molar-refractivity contribution < 1.29 is 28.9 Å². The van der Waals surface area contributed by atoms with Crippen LogP contribution in [0.3, 0.4) is 0 Å². The van der Waals surface area contributed by atoms with E-state index in [1.807, 2.05) is 0 Å². The molecule has 1 atom stereocenters. The second-order valence-corrected chi connectivity index (χ2v) is 2.07. The Morgan fingerprint density at radius 2 is 1.92 bits per heavy atom. The zero-order valence-electron chi connectivity index (χ0n) is 7.48. The molecular formula is C7H12O6. The summed E-state index contributed by atoms with van der Waals surface area (Å²) in [4.78, 5) is 21.1. The molecule has 13 heavy (non-hydrogen) atoms. The largest absolute Gasteiger partial charge is 0.469 e. The maximum atomic E-state index is 10.5. The molecule has 0 aliphatic rings. The fourth-order valence-corrected chi connectivity index (χ4v) is 0.525. The number of esters is 2. The van der Waals surface area contributed by atoms with Crippen molar-refractivity contribution in [2.24, 2.45) is 0 Å². The van der Waals surface area contributed by atoms with Crippen LogP contribution in [0.25, 0.3) is 0 Å². The Morgan fingerprint density at radius 1 is 1.31 bits per heavy atom. The summed E-state index contributed by atoms with van der Waals surface area (Å²) in [5.74, 6) is -1.37. The maximum Gasteiger partial charge on any atom is 0.363 e. The van der Waals surface area contributed by atoms with Gasteiger partial charge in [-0.1, -0.05) is 0 Å². The fraction of sp³-hybridized carbons (Fsp3) is 0.714. The predicted molar refractivity (Wildman–Crippen MR) is 40.6 cm³/mol. The first kappa shape index (κ1) is 11.9. The molecule has 0 saturated carbocycles. The molecule has 0 radical (unpaired) electrons. The number of rotatable bonds is 5. The highest BCUT2D eigenvalue weighted by Crippen LogP contribution is 1.93. The molecule has 6 nitrogen and oxygen atoms in total. The number of methoxy groups -OCH3 is 2. The van der Waals surface area contributed by atoms with Crippen LogP contribution in [-0.4, -0.2) is 44.2 Å². The number of hydrogen-bond acceptors (Lipinski definition) is 6. The number of hydrogen-bond donors (Lipinski definition) is 1. The molecule has 0 spiro atoms. The number of ether oxygens (including phenoxy) is 3. The van der Waals surface area contributed by atoms with Gasteiger partial charge in [-0.25, -0.2) is 4.79 Å². The molecule has 0 aliphatic carbocycles. The van der Waals surface area contributed by atoms with Crippen molar-refractivity contribution in [1.82, 2.24) is 0 Å². The van der Waals surface area contributed by atoms with Crippen LogP contribution in [-0.2, 0) is 23.8 Å². The van der Waals surface area contributed by atoms with Crippen LogP contribution in [0.15, 0.2) is 0 Å². The minimum Gasteiger partial charge on any atom is -0.469 e. The molecule has 0 aliphatic heterocycles. The van der Waals surface area contributed by atoms with Crippen LogP contribution in [0.1, 0.15) is 6.42 Å². The molecule has 0 aromatic heterocycles. The SMILES string of the molecule is COC(=O)CCOC(O)C(=O)OC. The Bertz CT molecular complexity index is 178. The van der Waals surface area contributed by atoms with Crippen LogP contribution in [0.2, 0.25) is 0 Å². The minimum absolute atomic E-state index is 0.0233. The quantitative estimate of drug-likeness (QED) is 0.447. The summed E-state index contributed by atoms with van der Waals surface area (Å²) < 4.78 is 13.0. The topological polar surface area (TPSA) is 82.1 Å². The van der Waals surface area contributed by atoms with Crippen molar-refractivity contribution in [3.63, 3.8) is 0 Å². The number of carbonyl (C=O) groups is 2. The molecule has 1 N–H and O–H groups in total. The van der Waals surface area contributed by atoms with E-state index >= 15 is 0 Å². The summed E-state index contributed by atoms with van der Waals surface area (Å²) in [6.07, 6.45) is -1.67. The van der Waals surface area contributed by atoms with Gasteiger partial charge in [0.15, 0.2) is 0 Å². The lowest BCUT2D eigenvalue weighted by Crippen LogP contribution is -2.26.